The van der Waals surface area contributed by atoms with Crippen molar-refractivity contribution in [2.75, 3.05) is 7.05 Å². The molecule has 0 spiro atoms. The van der Waals surface area contributed by atoms with Crippen LogP contribution in [-0.2, 0) is 0 Å². The van der Waals surface area contributed by atoms with E-state index in [1.165, 1.54) is 38.5 Å². The zero-order valence-electron chi connectivity index (χ0n) is 8.50. The standard InChI is InChI=1S/C11H20N2/c1-13-10-5-3-2-4-9(10)12-11(13)8-6-7-8/h8-12H,2-7H2,1H3. The van der Waals surface area contributed by atoms with Crippen molar-refractivity contribution in [1.82, 2.24) is 10.2 Å². The molecule has 1 aliphatic heterocycles. The van der Waals surface area contributed by atoms with Gasteiger partial charge in [-0.25, -0.2) is 0 Å². The lowest BCUT2D eigenvalue weighted by atomic mass is 9.91. The summed E-state index contributed by atoms with van der Waals surface area (Å²) in [6.07, 6.45) is 9.38. The van der Waals surface area contributed by atoms with Crippen molar-refractivity contribution in [3.63, 3.8) is 0 Å². The lowest BCUT2D eigenvalue weighted by Crippen LogP contribution is -2.37. The highest BCUT2D eigenvalue weighted by Gasteiger charge is 2.45. The van der Waals surface area contributed by atoms with E-state index < -0.39 is 0 Å². The maximum Gasteiger partial charge on any atom is 0.0629 e. The molecule has 13 heavy (non-hydrogen) atoms. The zero-order chi connectivity index (χ0) is 8.84. The summed E-state index contributed by atoms with van der Waals surface area (Å²) in [5, 5.41) is 3.83. The van der Waals surface area contributed by atoms with Gasteiger partial charge in [0.25, 0.3) is 0 Å². The summed E-state index contributed by atoms with van der Waals surface area (Å²) in [6.45, 7) is 0. The number of rotatable bonds is 1. The minimum absolute atomic E-state index is 0.730. The molecule has 0 amide bonds. The molecule has 74 valence electrons. The first-order valence-corrected chi connectivity index (χ1v) is 5.84. The van der Waals surface area contributed by atoms with Crippen LogP contribution in [0.4, 0.5) is 0 Å². The highest BCUT2D eigenvalue weighted by Crippen LogP contribution is 2.39. The minimum Gasteiger partial charge on any atom is -0.297 e. The van der Waals surface area contributed by atoms with Crippen molar-refractivity contribution in [2.45, 2.75) is 56.8 Å². The molecule has 3 atom stereocenters. The topological polar surface area (TPSA) is 15.3 Å². The molecule has 2 saturated carbocycles. The Morgan fingerprint density at radius 1 is 1.08 bits per heavy atom. The van der Waals surface area contributed by atoms with Gasteiger partial charge in [0.1, 0.15) is 0 Å². The van der Waals surface area contributed by atoms with Crippen LogP contribution in [0.15, 0.2) is 0 Å². The molecule has 0 aromatic heterocycles. The van der Waals surface area contributed by atoms with Gasteiger partial charge in [-0.15, -0.1) is 0 Å². The Labute approximate surface area is 80.7 Å². The molecule has 0 radical (unpaired) electrons. The van der Waals surface area contributed by atoms with Crippen LogP contribution in [0.25, 0.3) is 0 Å². The van der Waals surface area contributed by atoms with Crippen molar-refractivity contribution >= 4 is 0 Å². The Balaban J connectivity index is 1.73. The Kier molecular flexibility index (Phi) is 1.88. The third-order valence-corrected chi connectivity index (χ3v) is 4.14. The van der Waals surface area contributed by atoms with Gasteiger partial charge in [0, 0.05) is 12.1 Å². The fraction of sp³-hybridized carbons (Fsp3) is 1.00. The predicted octanol–water partition coefficient (Wildman–Crippen LogP) is 1.57. The van der Waals surface area contributed by atoms with Gasteiger partial charge in [-0.05, 0) is 38.6 Å². The molecule has 1 N–H and O–H groups in total. The third-order valence-electron chi connectivity index (χ3n) is 4.14. The number of fused-ring (bicyclic) bond motifs is 1. The molecule has 3 aliphatic rings. The molecule has 2 heteroatoms. The molecule has 1 heterocycles. The molecular formula is C11H20N2. The number of nitrogens with one attached hydrogen (secondary N) is 1. The zero-order valence-corrected chi connectivity index (χ0v) is 8.50. The molecule has 3 rings (SSSR count). The van der Waals surface area contributed by atoms with E-state index in [0.717, 1.165) is 24.2 Å². The van der Waals surface area contributed by atoms with Crippen LogP contribution in [-0.4, -0.2) is 30.2 Å². The van der Waals surface area contributed by atoms with Crippen LogP contribution < -0.4 is 5.32 Å². The van der Waals surface area contributed by atoms with E-state index in [2.05, 4.69) is 17.3 Å². The second-order valence-electron chi connectivity index (χ2n) is 5.07. The smallest absolute Gasteiger partial charge is 0.0629 e. The van der Waals surface area contributed by atoms with E-state index in [-0.39, 0.29) is 0 Å². The Bertz CT molecular complexity index is 198. The largest absolute Gasteiger partial charge is 0.297 e. The summed E-state index contributed by atoms with van der Waals surface area (Å²) in [6, 6.07) is 1.68. The number of nitrogens with zero attached hydrogens (tertiary/aromatic N) is 1. The van der Waals surface area contributed by atoms with Crippen molar-refractivity contribution in [1.29, 1.82) is 0 Å². The van der Waals surface area contributed by atoms with Crippen molar-refractivity contribution in [3.05, 3.63) is 0 Å². The van der Waals surface area contributed by atoms with Gasteiger partial charge in [-0.1, -0.05) is 12.8 Å². The summed E-state index contributed by atoms with van der Waals surface area (Å²) < 4.78 is 0. The lowest BCUT2D eigenvalue weighted by molar-refractivity contribution is 0.190. The Morgan fingerprint density at radius 2 is 1.85 bits per heavy atom. The van der Waals surface area contributed by atoms with E-state index in [9.17, 15) is 0 Å². The van der Waals surface area contributed by atoms with E-state index in [4.69, 9.17) is 0 Å². The lowest BCUT2D eigenvalue weighted by Gasteiger charge is -2.29. The molecule has 2 nitrogen and oxygen atoms in total. The highest BCUT2D eigenvalue weighted by molar-refractivity contribution is 5.01. The first-order valence-electron chi connectivity index (χ1n) is 5.84. The van der Waals surface area contributed by atoms with Crippen molar-refractivity contribution in [2.24, 2.45) is 5.92 Å². The number of hydrogen-bond donors (Lipinski definition) is 1. The molecule has 3 fully saturated rings. The maximum absolute atomic E-state index is 3.83. The summed E-state index contributed by atoms with van der Waals surface area (Å²) in [5.74, 6) is 0.982. The summed E-state index contributed by atoms with van der Waals surface area (Å²) in [7, 11) is 2.33. The Morgan fingerprint density at radius 3 is 2.54 bits per heavy atom. The van der Waals surface area contributed by atoms with Crippen LogP contribution in [0.1, 0.15) is 38.5 Å². The second-order valence-corrected chi connectivity index (χ2v) is 5.07. The van der Waals surface area contributed by atoms with Crippen LogP contribution in [0, 0.1) is 5.92 Å². The first-order chi connectivity index (χ1) is 6.36. The molecule has 1 saturated heterocycles. The second kappa shape index (κ2) is 2.96. The summed E-state index contributed by atoms with van der Waals surface area (Å²) in [4.78, 5) is 2.63. The first kappa shape index (κ1) is 8.25. The average Bonchev–Trinajstić information content (AvgIpc) is 2.94. The van der Waals surface area contributed by atoms with Crippen LogP contribution >= 0.6 is 0 Å². The molecule has 0 aromatic rings. The minimum atomic E-state index is 0.730. The van der Waals surface area contributed by atoms with Gasteiger partial charge >= 0.3 is 0 Å². The maximum atomic E-state index is 3.83. The van der Waals surface area contributed by atoms with Crippen molar-refractivity contribution in [3.8, 4) is 0 Å². The molecule has 0 aromatic carbocycles. The van der Waals surface area contributed by atoms with Crippen LogP contribution in [0.2, 0.25) is 0 Å². The molecule has 2 aliphatic carbocycles. The third kappa shape index (κ3) is 1.31. The van der Waals surface area contributed by atoms with Gasteiger partial charge in [0.15, 0.2) is 0 Å². The predicted molar refractivity (Wildman–Crippen MR) is 53.5 cm³/mol. The van der Waals surface area contributed by atoms with Crippen LogP contribution in [0.5, 0.6) is 0 Å². The molecule has 3 unspecified atom stereocenters. The van der Waals surface area contributed by atoms with Gasteiger partial charge in [0.05, 0.1) is 6.17 Å². The SMILES string of the molecule is CN1C2CCCCC2NC1C1CC1. The quantitative estimate of drug-likeness (QED) is 0.659. The van der Waals surface area contributed by atoms with E-state index in [1.54, 1.807) is 0 Å². The van der Waals surface area contributed by atoms with Gasteiger partial charge in [-0.2, -0.15) is 0 Å². The van der Waals surface area contributed by atoms with Gasteiger partial charge in [0.2, 0.25) is 0 Å². The summed E-state index contributed by atoms with van der Waals surface area (Å²) in [5.41, 5.74) is 0. The fourth-order valence-corrected chi connectivity index (χ4v) is 3.22. The number of hydrogen-bond acceptors (Lipinski definition) is 2. The summed E-state index contributed by atoms with van der Waals surface area (Å²) >= 11 is 0. The molecule has 0 bridgehead atoms. The van der Waals surface area contributed by atoms with Gasteiger partial charge in [-0.3, -0.25) is 10.2 Å². The fourth-order valence-electron chi connectivity index (χ4n) is 3.22. The molecular weight excluding hydrogens is 160 g/mol. The number of likely N-dealkylation sites (N-methyl/N-ethyl adjacent to an activating group) is 1. The average molecular weight is 180 g/mol. The Hall–Kier alpha value is -0.0800. The van der Waals surface area contributed by atoms with E-state index >= 15 is 0 Å². The van der Waals surface area contributed by atoms with Crippen molar-refractivity contribution < 1.29 is 0 Å². The van der Waals surface area contributed by atoms with Crippen LogP contribution in [0.3, 0.4) is 0 Å². The van der Waals surface area contributed by atoms with E-state index in [0.29, 0.717) is 0 Å². The van der Waals surface area contributed by atoms with Gasteiger partial charge < -0.3 is 0 Å². The van der Waals surface area contributed by atoms with E-state index in [1.807, 2.05) is 0 Å². The highest BCUT2D eigenvalue weighted by atomic mass is 15.4. The normalized spacial score (nSPS) is 46.4. The monoisotopic (exact) mass is 180 g/mol.